The molecule has 0 spiro atoms. The van der Waals surface area contributed by atoms with Gasteiger partial charge < -0.3 is 0 Å². The molecule has 7 heteroatoms. The van der Waals surface area contributed by atoms with E-state index in [2.05, 4.69) is 5.10 Å². The van der Waals surface area contributed by atoms with Crippen molar-refractivity contribution in [2.75, 3.05) is 11.5 Å². The Balaban J connectivity index is 2.53. The summed E-state index contributed by atoms with van der Waals surface area (Å²) in [4.78, 5) is 11.0. The van der Waals surface area contributed by atoms with Gasteiger partial charge in [-0.25, -0.2) is 13.1 Å². The van der Waals surface area contributed by atoms with E-state index in [4.69, 9.17) is 11.6 Å². The van der Waals surface area contributed by atoms with Crippen LogP contribution in [0.15, 0.2) is 0 Å². The van der Waals surface area contributed by atoms with Gasteiger partial charge in [0.2, 0.25) is 0 Å². The lowest BCUT2D eigenvalue weighted by Crippen LogP contribution is -2.32. The summed E-state index contributed by atoms with van der Waals surface area (Å²) in [5.41, 5.74) is 0.325. The zero-order valence-corrected chi connectivity index (χ0v) is 11.9. The van der Waals surface area contributed by atoms with Crippen LogP contribution in [0.5, 0.6) is 0 Å². The first-order chi connectivity index (χ1) is 8.33. The third-order valence-corrected chi connectivity index (χ3v) is 5.64. The summed E-state index contributed by atoms with van der Waals surface area (Å²) < 4.78 is 24.7. The maximum atomic E-state index is 11.6. The van der Waals surface area contributed by atoms with Gasteiger partial charge in [-0.1, -0.05) is 18.5 Å². The fourth-order valence-corrected chi connectivity index (χ4v) is 4.85. The molecule has 0 N–H and O–H groups in total. The van der Waals surface area contributed by atoms with Crippen molar-refractivity contribution >= 4 is 27.7 Å². The van der Waals surface area contributed by atoms with Gasteiger partial charge >= 0.3 is 0 Å². The Kier molecular flexibility index (Phi) is 3.27. The molecule has 1 aromatic rings. The van der Waals surface area contributed by atoms with E-state index in [1.54, 1.807) is 0 Å². The highest BCUT2D eigenvalue weighted by atomic mass is 35.5. The molecule has 0 bridgehead atoms. The van der Waals surface area contributed by atoms with Crippen LogP contribution in [0.4, 0.5) is 0 Å². The first-order valence-corrected chi connectivity index (χ1v) is 7.96. The molecule has 1 unspecified atom stereocenters. The van der Waals surface area contributed by atoms with Crippen molar-refractivity contribution in [1.29, 1.82) is 0 Å². The lowest BCUT2D eigenvalue weighted by atomic mass is 10.0. The van der Waals surface area contributed by atoms with E-state index < -0.39 is 15.4 Å². The molecule has 0 saturated carbocycles. The Bertz CT molecular complexity index is 594. The second kappa shape index (κ2) is 4.35. The van der Waals surface area contributed by atoms with Crippen LogP contribution < -0.4 is 0 Å². The Morgan fingerprint density at radius 3 is 2.61 bits per heavy atom. The number of rotatable bonds is 3. The fraction of sp³-hybridized carbons (Fsp3) is 0.636. The van der Waals surface area contributed by atoms with Gasteiger partial charge in [-0.2, -0.15) is 5.10 Å². The van der Waals surface area contributed by atoms with E-state index in [1.165, 1.54) is 4.68 Å². The van der Waals surface area contributed by atoms with Crippen molar-refractivity contribution in [3.8, 4) is 0 Å². The molecular formula is C11H15ClN2O3S. The summed E-state index contributed by atoms with van der Waals surface area (Å²) in [5.74, 6) is 0.153. The molecule has 0 radical (unpaired) electrons. The van der Waals surface area contributed by atoms with Crippen molar-refractivity contribution in [3.05, 3.63) is 16.4 Å². The topological polar surface area (TPSA) is 69.0 Å². The number of aldehydes is 1. The van der Waals surface area contributed by atoms with Crippen molar-refractivity contribution in [3.63, 3.8) is 0 Å². The van der Waals surface area contributed by atoms with Gasteiger partial charge in [0.05, 0.1) is 28.3 Å². The number of halogens is 1. The summed E-state index contributed by atoms with van der Waals surface area (Å²) >= 11 is 6.15. The van der Waals surface area contributed by atoms with Crippen LogP contribution in [0.1, 0.15) is 36.3 Å². The number of hydrogen-bond donors (Lipinski definition) is 0. The minimum Gasteiger partial charge on any atom is -0.298 e. The zero-order chi connectivity index (χ0) is 13.6. The fourth-order valence-electron chi connectivity index (χ4n) is 2.35. The standard InChI is InChI=1S/C11H15ClN2O3S/c1-3-9-8(6-15)10(12)14(13-9)11(2)4-5-18(16,17)7-11/h6H,3-5,7H2,1-2H3. The van der Waals surface area contributed by atoms with Crippen LogP contribution >= 0.6 is 11.6 Å². The van der Waals surface area contributed by atoms with Gasteiger partial charge in [-0.05, 0) is 19.8 Å². The zero-order valence-electron chi connectivity index (χ0n) is 10.3. The minimum absolute atomic E-state index is 0.0167. The molecule has 2 heterocycles. The second-order valence-electron chi connectivity index (χ2n) is 4.87. The molecule has 18 heavy (non-hydrogen) atoms. The average molecular weight is 291 g/mol. The number of sulfone groups is 1. The molecule has 1 fully saturated rings. The molecule has 5 nitrogen and oxygen atoms in total. The lowest BCUT2D eigenvalue weighted by molar-refractivity contribution is 0.112. The Labute approximate surface area is 111 Å². The Morgan fingerprint density at radius 1 is 1.56 bits per heavy atom. The van der Waals surface area contributed by atoms with Gasteiger partial charge in [0.1, 0.15) is 5.15 Å². The van der Waals surface area contributed by atoms with Crippen molar-refractivity contribution < 1.29 is 13.2 Å². The molecule has 1 aromatic heterocycles. The van der Waals surface area contributed by atoms with Crippen LogP contribution in [0, 0.1) is 0 Å². The number of aryl methyl sites for hydroxylation is 1. The van der Waals surface area contributed by atoms with E-state index in [0.29, 0.717) is 30.4 Å². The average Bonchev–Trinajstić information content (AvgIpc) is 2.77. The van der Waals surface area contributed by atoms with E-state index in [1.807, 2.05) is 13.8 Å². The first kappa shape index (κ1) is 13.5. The highest BCUT2D eigenvalue weighted by molar-refractivity contribution is 7.91. The molecule has 0 aromatic carbocycles. The molecule has 0 aliphatic carbocycles. The summed E-state index contributed by atoms with van der Waals surface area (Å²) in [6.45, 7) is 3.69. The molecule has 1 aliphatic heterocycles. The third-order valence-electron chi connectivity index (χ3n) is 3.39. The number of aromatic nitrogens is 2. The van der Waals surface area contributed by atoms with E-state index in [0.717, 1.165) is 0 Å². The molecule has 1 saturated heterocycles. The monoisotopic (exact) mass is 290 g/mol. The van der Waals surface area contributed by atoms with Crippen LogP contribution in [0.3, 0.4) is 0 Å². The molecule has 1 atom stereocenters. The summed E-state index contributed by atoms with van der Waals surface area (Å²) in [5, 5.41) is 4.54. The molecule has 2 rings (SSSR count). The molecule has 100 valence electrons. The predicted molar refractivity (Wildman–Crippen MR) is 68.9 cm³/mol. The van der Waals surface area contributed by atoms with Gasteiger partial charge in [-0.15, -0.1) is 0 Å². The van der Waals surface area contributed by atoms with Crippen molar-refractivity contribution in [2.24, 2.45) is 0 Å². The summed E-state index contributed by atoms with van der Waals surface area (Å²) in [7, 11) is -3.04. The van der Waals surface area contributed by atoms with Gasteiger partial charge in [0, 0.05) is 0 Å². The van der Waals surface area contributed by atoms with Crippen molar-refractivity contribution in [2.45, 2.75) is 32.2 Å². The maximum Gasteiger partial charge on any atom is 0.155 e. The molecular weight excluding hydrogens is 276 g/mol. The maximum absolute atomic E-state index is 11.6. The normalized spacial score (nSPS) is 26.4. The van der Waals surface area contributed by atoms with Crippen LogP contribution in [0.25, 0.3) is 0 Å². The first-order valence-electron chi connectivity index (χ1n) is 5.76. The quantitative estimate of drug-likeness (QED) is 0.790. The number of hydrogen-bond acceptors (Lipinski definition) is 4. The highest BCUT2D eigenvalue weighted by Gasteiger charge is 2.42. The minimum atomic E-state index is -3.04. The molecule has 0 amide bonds. The summed E-state index contributed by atoms with van der Waals surface area (Å²) in [6.07, 6.45) is 1.74. The number of nitrogens with zero attached hydrogens (tertiary/aromatic N) is 2. The number of carbonyl (C=O) groups is 1. The molecule has 1 aliphatic rings. The van der Waals surface area contributed by atoms with Gasteiger partial charge in [0.15, 0.2) is 16.1 Å². The van der Waals surface area contributed by atoms with Gasteiger partial charge in [-0.3, -0.25) is 4.79 Å². The largest absolute Gasteiger partial charge is 0.298 e. The Hall–Kier alpha value is -0.880. The van der Waals surface area contributed by atoms with Crippen molar-refractivity contribution in [1.82, 2.24) is 9.78 Å². The van der Waals surface area contributed by atoms with E-state index in [9.17, 15) is 13.2 Å². The van der Waals surface area contributed by atoms with Gasteiger partial charge in [0.25, 0.3) is 0 Å². The lowest BCUT2D eigenvalue weighted by Gasteiger charge is -2.23. The highest BCUT2D eigenvalue weighted by Crippen LogP contribution is 2.34. The second-order valence-corrected chi connectivity index (χ2v) is 7.42. The number of carbonyl (C=O) groups excluding carboxylic acids is 1. The van der Waals surface area contributed by atoms with Crippen LogP contribution in [0.2, 0.25) is 5.15 Å². The van der Waals surface area contributed by atoms with Crippen LogP contribution in [-0.2, 0) is 21.8 Å². The SMILES string of the molecule is CCc1nn(C2(C)CCS(=O)(=O)C2)c(Cl)c1C=O. The van der Waals surface area contributed by atoms with E-state index in [-0.39, 0.29) is 16.7 Å². The van der Waals surface area contributed by atoms with E-state index >= 15 is 0 Å². The Morgan fingerprint density at radius 2 is 2.22 bits per heavy atom. The smallest absolute Gasteiger partial charge is 0.155 e. The summed E-state index contributed by atoms with van der Waals surface area (Å²) in [6, 6.07) is 0. The van der Waals surface area contributed by atoms with Crippen LogP contribution in [-0.4, -0.2) is 36.0 Å². The third kappa shape index (κ3) is 2.07. The predicted octanol–water partition coefficient (Wildman–Crippen LogP) is 1.45.